The van der Waals surface area contributed by atoms with Crippen molar-refractivity contribution in [3.8, 4) is 11.5 Å². The van der Waals surface area contributed by atoms with E-state index >= 15 is 0 Å². The van der Waals surface area contributed by atoms with E-state index in [2.05, 4.69) is 9.98 Å². The van der Waals surface area contributed by atoms with Crippen LogP contribution in [-0.4, -0.2) is 43.9 Å². The molecule has 0 fully saturated rings. The summed E-state index contributed by atoms with van der Waals surface area (Å²) in [6, 6.07) is 15.0. The predicted molar refractivity (Wildman–Crippen MR) is 126 cm³/mol. The lowest BCUT2D eigenvalue weighted by atomic mass is 10.0. The van der Waals surface area contributed by atoms with E-state index in [1.165, 1.54) is 23.5 Å². The largest absolute Gasteiger partial charge is 0.497 e. The number of hydrogen-bond acceptors (Lipinski definition) is 6. The fourth-order valence-electron chi connectivity index (χ4n) is 3.70. The Morgan fingerprint density at radius 3 is 2.50 bits per heavy atom. The maximum atomic E-state index is 13.6. The molecule has 1 aromatic heterocycles. The molecule has 0 N–H and O–H groups in total. The van der Waals surface area contributed by atoms with Crippen molar-refractivity contribution < 1.29 is 22.7 Å². The molecule has 1 aliphatic heterocycles. The second-order valence-corrected chi connectivity index (χ2v) is 9.65. The first-order valence-electron chi connectivity index (χ1n) is 10.8. The molecule has 0 radical (unpaired) electrons. The van der Waals surface area contributed by atoms with E-state index in [-0.39, 0.29) is 18.0 Å². The summed E-state index contributed by atoms with van der Waals surface area (Å²) in [5.74, 6) is 0.0831. The summed E-state index contributed by atoms with van der Waals surface area (Å²) in [4.78, 5) is 21.2. The summed E-state index contributed by atoms with van der Waals surface area (Å²) in [5.41, 5.74) is 0.707. The van der Waals surface area contributed by atoms with Gasteiger partial charge in [0.15, 0.2) is 0 Å². The summed E-state index contributed by atoms with van der Waals surface area (Å²) < 4.78 is 39.2. The number of hydrogen-bond donors (Lipinski definition) is 0. The molecule has 1 aliphatic rings. The number of benzene rings is 2. The maximum absolute atomic E-state index is 13.6. The van der Waals surface area contributed by atoms with Gasteiger partial charge in [-0.3, -0.25) is 9.78 Å². The Morgan fingerprint density at radius 2 is 1.82 bits per heavy atom. The third-order valence-corrected chi connectivity index (χ3v) is 7.24. The fraction of sp³-hybridized carbons (Fsp3) is 0.240. The van der Waals surface area contributed by atoms with Crippen LogP contribution >= 0.6 is 0 Å². The van der Waals surface area contributed by atoms with E-state index in [1.807, 2.05) is 13.0 Å². The lowest BCUT2D eigenvalue weighted by Gasteiger charge is -2.25. The number of amides is 1. The molecule has 4 rings (SSSR count). The Morgan fingerprint density at radius 1 is 1.06 bits per heavy atom. The highest BCUT2D eigenvalue weighted by molar-refractivity contribution is 7.89. The van der Waals surface area contributed by atoms with Crippen molar-refractivity contribution >= 4 is 22.0 Å². The van der Waals surface area contributed by atoms with Gasteiger partial charge in [-0.15, -0.1) is 0 Å². The average molecular weight is 480 g/mol. The van der Waals surface area contributed by atoms with Crippen LogP contribution in [-0.2, 0) is 21.4 Å². The molecular formula is C25H25N3O5S. The summed E-state index contributed by atoms with van der Waals surface area (Å²) in [6.45, 7) is 2.40. The number of pyridine rings is 1. The molecular weight excluding hydrogens is 454 g/mol. The van der Waals surface area contributed by atoms with Crippen molar-refractivity contribution in [1.29, 1.82) is 0 Å². The quantitative estimate of drug-likeness (QED) is 0.465. The van der Waals surface area contributed by atoms with Gasteiger partial charge >= 0.3 is 0 Å². The normalized spacial score (nSPS) is 15.3. The monoisotopic (exact) mass is 479 g/mol. The van der Waals surface area contributed by atoms with Crippen LogP contribution < -0.4 is 20.0 Å². The number of ether oxygens (including phenoxy) is 2. The number of fused-ring (bicyclic) bond motifs is 1. The van der Waals surface area contributed by atoms with E-state index in [9.17, 15) is 13.2 Å². The van der Waals surface area contributed by atoms with Gasteiger partial charge in [-0.1, -0.05) is 12.1 Å². The number of methoxy groups -OCH3 is 1. The molecule has 0 spiro atoms. The third kappa shape index (κ3) is 5.16. The van der Waals surface area contributed by atoms with Crippen molar-refractivity contribution in [2.75, 3.05) is 20.3 Å². The average Bonchev–Trinajstić information content (AvgIpc) is 2.85. The first-order chi connectivity index (χ1) is 16.4. The molecule has 0 aliphatic carbocycles. The van der Waals surface area contributed by atoms with Crippen molar-refractivity contribution in [1.82, 2.24) is 9.29 Å². The van der Waals surface area contributed by atoms with Gasteiger partial charge in [0.05, 0.1) is 29.9 Å². The molecule has 0 saturated carbocycles. The van der Waals surface area contributed by atoms with Crippen LogP contribution in [0.3, 0.4) is 0 Å². The zero-order chi connectivity index (χ0) is 24.1. The zero-order valence-corrected chi connectivity index (χ0v) is 19.7. The van der Waals surface area contributed by atoms with Gasteiger partial charge in [0.25, 0.3) is 5.91 Å². The Balaban J connectivity index is 1.70. The summed E-state index contributed by atoms with van der Waals surface area (Å²) in [5, 5.41) is 1.28. The molecule has 2 heterocycles. The third-order valence-electron chi connectivity index (χ3n) is 5.42. The van der Waals surface area contributed by atoms with Gasteiger partial charge in [0, 0.05) is 30.7 Å². The smallest absolute Gasteiger partial charge is 0.254 e. The minimum absolute atomic E-state index is 0.0612. The highest BCUT2D eigenvalue weighted by atomic mass is 32.2. The van der Waals surface area contributed by atoms with Crippen molar-refractivity contribution in [2.45, 2.75) is 18.4 Å². The number of rotatable bonds is 9. The number of nitrogens with zero attached hydrogens (tertiary/aromatic N) is 3. The lowest BCUT2D eigenvalue weighted by molar-refractivity contribution is -0.120. The van der Waals surface area contributed by atoms with Crippen LogP contribution in [0, 0.1) is 5.92 Å². The van der Waals surface area contributed by atoms with Crippen molar-refractivity contribution in [2.24, 2.45) is 10.9 Å². The van der Waals surface area contributed by atoms with E-state index in [4.69, 9.17) is 9.47 Å². The second-order valence-electron chi connectivity index (χ2n) is 7.71. The minimum atomic E-state index is -3.93. The molecule has 1 atom stereocenters. The molecule has 8 nitrogen and oxygen atoms in total. The predicted octanol–water partition coefficient (Wildman–Crippen LogP) is 1.94. The van der Waals surface area contributed by atoms with Crippen LogP contribution in [0.5, 0.6) is 11.5 Å². The van der Waals surface area contributed by atoms with E-state index in [1.54, 1.807) is 54.9 Å². The molecule has 3 aromatic rings. The Bertz CT molecular complexity index is 1390. The van der Waals surface area contributed by atoms with E-state index < -0.39 is 21.8 Å². The van der Waals surface area contributed by atoms with Crippen LogP contribution in [0.25, 0.3) is 6.08 Å². The first kappa shape index (κ1) is 23.6. The zero-order valence-electron chi connectivity index (χ0n) is 18.9. The molecule has 2 aromatic carbocycles. The lowest BCUT2D eigenvalue weighted by Crippen LogP contribution is -2.41. The van der Waals surface area contributed by atoms with E-state index in [0.717, 1.165) is 5.22 Å². The fourth-order valence-corrected chi connectivity index (χ4v) is 5.16. The van der Waals surface area contributed by atoms with Gasteiger partial charge in [-0.05, 0) is 61.0 Å². The van der Waals surface area contributed by atoms with Gasteiger partial charge in [0.2, 0.25) is 10.0 Å². The Hall–Kier alpha value is -3.56. The van der Waals surface area contributed by atoms with Gasteiger partial charge < -0.3 is 9.47 Å². The van der Waals surface area contributed by atoms with Crippen molar-refractivity contribution in [3.63, 3.8) is 0 Å². The highest BCUT2D eigenvalue weighted by Gasteiger charge is 2.30. The maximum Gasteiger partial charge on any atom is 0.254 e. The van der Waals surface area contributed by atoms with Crippen molar-refractivity contribution in [3.05, 3.63) is 83.1 Å². The minimum Gasteiger partial charge on any atom is -0.497 e. The summed E-state index contributed by atoms with van der Waals surface area (Å²) in [7, 11) is -2.41. The van der Waals surface area contributed by atoms with E-state index in [0.29, 0.717) is 29.0 Å². The van der Waals surface area contributed by atoms with Gasteiger partial charge in [-0.2, -0.15) is 4.31 Å². The van der Waals surface area contributed by atoms with Gasteiger partial charge in [-0.25, -0.2) is 13.4 Å². The van der Waals surface area contributed by atoms with Crippen LogP contribution in [0.2, 0.25) is 0 Å². The number of sulfonamides is 1. The Kier molecular flexibility index (Phi) is 7.04. The molecule has 176 valence electrons. The molecule has 1 unspecified atom stereocenters. The molecule has 0 saturated heterocycles. The first-order valence-corrected chi connectivity index (χ1v) is 12.2. The van der Waals surface area contributed by atoms with Crippen LogP contribution in [0.4, 0.5) is 0 Å². The summed E-state index contributed by atoms with van der Waals surface area (Å²) in [6.07, 6.45) is 4.99. The topological polar surface area (TPSA) is 98.2 Å². The number of carbonyl (C=O) groups is 1. The summed E-state index contributed by atoms with van der Waals surface area (Å²) >= 11 is 0. The van der Waals surface area contributed by atoms with Gasteiger partial charge in [0.1, 0.15) is 11.5 Å². The van der Waals surface area contributed by atoms with Crippen LogP contribution in [0.1, 0.15) is 12.5 Å². The number of aromatic nitrogens is 1. The SMILES string of the molecule is CCOc1ccc2c(c1)=CC(CN(Cc1cccnc1)S(=O)(=O)c1ccc(OC)cc1)C(=O)N=2. The standard InChI is InChI=1S/C25H25N3O5S/c1-3-33-22-8-11-24-19(14-22)13-20(25(29)27-24)17-28(16-18-5-4-12-26-15-18)34(30,31)23-9-6-21(32-2)7-10-23/h4-15,20H,3,16-17H2,1-2H3. The molecule has 0 bridgehead atoms. The Labute approximate surface area is 198 Å². The molecule has 34 heavy (non-hydrogen) atoms. The number of carbonyl (C=O) groups excluding carboxylic acids is 1. The molecule has 9 heteroatoms. The van der Waals surface area contributed by atoms with Crippen LogP contribution in [0.15, 0.2) is 76.9 Å². The molecule has 1 amide bonds. The second kappa shape index (κ2) is 10.1. The highest BCUT2D eigenvalue weighted by Crippen LogP contribution is 2.23.